The lowest BCUT2D eigenvalue weighted by molar-refractivity contribution is 0.0676. The SMILES string of the molecule is CN(C(=O)Nc1cnc(-c2cc(F)cc(F)c2)cn1)C1CCN(C(=O)c2cccs2)CC1. The molecule has 0 saturated carbocycles. The molecule has 1 aliphatic rings. The van der Waals surface area contributed by atoms with Crippen LogP contribution in [0.5, 0.6) is 0 Å². The molecule has 32 heavy (non-hydrogen) atoms. The number of thiophene rings is 1. The summed E-state index contributed by atoms with van der Waals surface area (Å²) in [7, 11) is 1.70. The number of anilines is 1. The Morgan fingerprint density at radius 2 is 1.84 bits per heavy atom. The number of amides is 3. The first-order chi connectivity index (χ1) is 15.4. The van der Waals surface area contributed by atoms with Gasteiger partial charge in [0.2, 0.25) is 0 Å². The minimum Gasteiger partial charge on any atom is -0.338 e. The van der Waals surface area contributed by atoms with Gasteiger partial charge in [-0.2, -0.15) is 0 Å². The predicted octanol–water partition coefficient (Wildman–Crippen LogP) is 4.25. The summed E-state index contributed by atoms with van der Waals surface area (Å²) in [5.74, 6) is -1.15. The molecule has 0 spiro atoms. The number of nitrogens with zero attached hydrogens (tertiary/aromatic N) is 4. The van der Waals surface area contributed by atoms with Crippen LogP contribution >= 0.6 is 11.3 Å². The molecule has 1 N–H and O–H groups in total. The van der Waals surface area contributed by atoms with Gasteiger partial charge in [-0.15, -0.1) is 11.3 Å². The van der Waals surface area contributed by atoms with Crippen molar-refractivity contribution in [2.24, 2.45) is 0 Å². The zero-order valence-corrected chi connectivity index (χ0v) is 18.1. The van der Waals surface area contributed by atoms with E-state index in [9.17, 15) is 18.4 Å². The lowest BCUT2D eigenvalue weighted by atomic mass is 10.0. The maximum Gasteiger partial charge on any atom is 0.323 e. The van der Waals surface area contributed by atoms with Gasteiger partial charge in [-0.1, -0.05) is 6.07 Å². The van der Waals surface area contributed by atoms with Crippen molar-refractivity contribution in [3.05, 3.63) is 64.6 Å². The van der Waals surface area contributed by atoms with Crippen LogP contribution < -0.4 is 5.32 Å². The second kappa shape index (κ2) is 9.39. The average molecular weight is 458 g/mol. The number of halogens is 2. The molecule has 166 valence electrons. The van der Waals surface area contributed by atoms with Crippen LogP contribution in [0.4, 0.5) is 19.4 Å². The quantitative estimate of drug-likeness (QED) is 0.635. The van der Waals surface area contributed by atoms with Gasteiger partial charge < -0.3 is 9.80 Å². The zero-order valence-electron chi connectivity index (χ0n) is 17.3. The Bertz CT molecular complexity index is 1080. The second-order valence-corrected chi connectivity index (χ2v) is 8.43. The molecule has 0 unspecified atom stereocenters. The minimum absolute atomic E-state index is 0.00936. The number of rotatable bonds is 4. The highest BCUT2D eigenvalue weighted by molar-refractivity contribution is 7.12. The van der Waals surface area contributed by atoms with Gasteiger partial charge >= 0.3 is 6.03 Å². The number of nitrogens with one attached hydrogen (secondary N) is 1. The first-order valence-corrected chi connectivity index (χ1v) is 10.9. The van der Waals surface area contributed by atoms with E-state index in [1.807, 2.05) is 22.4 Å². The molecule has 0 atom stereocenters. The monoisotopic (exact) mass is 457 g/mol. The minimum atomic E-state index is -0.705. The number of hydrogen-bond acceptors (Lipinski definition) is 5. The van der Waals surface area contributed by atoms with E-state index in [1.165, 1.54) is 23.7 Å². The molecule has 0 radical (unpaired) electrons. The van der Waals surface area contributed by atoms with Gasteiger partial charge in [-0.25, -0.2) is 18.6 Å². The lowest BCUT2D eigenvalue weighted by Gasteiger charge is -2.36. The maximum absolute atomic E-state index is 13.4. The molecule has 10 heteroatoms. The van der Waals surface area contributed by atoms with Crippen LogP contribution in [0.25, 0.3) is 11.3 Å². The number of piperidine rings is 1. The molecule has 1 aromatic carbocycles. The second-order valence-electron chi connectivity index (χ2n) is 7.49. The lowest BCUT2D eigenvalue weighted by Crippen LogP contribution is -2.48. The number of carbonyl (C=O) groups excluding carboxylic acids is 2. The Labute approximate surface area is 187 Å². The van der Waals surface area contributed by atoms with Gasteiger partial charge in [-0.05, 0) is 36.4 Å². The number of carbonyl (C=O) groups is 2. The number of likely N-dealkylation sites (tertiary alicyclic amines) is 1. The molecule has 4 rings (SSSR count). The summed E-state index contributed by atoms with van der Waals surface area (Å²) < 4.78 is 26.8. The van der Waals surface area contributed by atoms with Crippen molar-refractivity contribution >= 4 is 29.1 Å². The van der Waals surface area contributed by atoms with E-state index in [0.717, 1.165) is 23.1 Å². The summed E-state index contributed by atoms with van der Waals surface area (Å²) in [6.07, 6.45) is 4.04. The Hall–Kier alpha value is -3.40. The number of benzene rings is 1. The van der Waals surface area contributed by atoms with Gasteiger partial charge in [0.15, 0.2) is 5.82 Å². The summed E-state index contributed by atoms with van der Waals surface area (Å²) in [6, 6.07) is 6.43. The van der Waals surface area contributed by atoms with E-state index >= 15 is 0 Å². The number of urea groups is 1. The normalized spacial score (nSPS) is 14.3. The summed E-state index contributed by atoms with van der Waals surface area (Å²) >= 11 is 1.42. The predicted molar refractivity (Wildman–Crippen MR) is 117 cm³/mol. The average Bonchev–Trinajstić information content (AvgIpc) is 3.33. The van der Waals surface area contributed by atoms with Gasteiger partial charge in [0.25, 0.3) is 5.91 Å². The molecule has 1 fully saturated rings. The van der Waals surface area contributed by atoms with E-state index in [2.05, 4.69) is 15.3 Å². The highest BCUT2D eigenvalue weighted by Gasteiger charge is 2.28. The molecule has 0 bridgehead atoms. The van der Waals surface area contributed by atoms with E-state index in [4.69, 9.17) is 0 Å². The Morgan fingerprint density at radius 1 is 1.12 bits per heavy atom. The Balaban J connectivity index is 1.32. The van der Waals surface area contributed by atoms with Crippen molar-refractivity contribution in [2.75, 3.05) is 25.5 Å². The largest absolute Gasteiger partial charge is 0.338 e. The molecule has 3 amide bonds. The van der Waals surface area contributed by atoms with Crippen LogP contribution in [-0.2, 0) is 0 Å². The Kier molecular flexibility index (Phi) is 6.40. The van der Waals surface area contributed by atoms with Gasteiger partial charge in [0, 0.05) is 37.8 Å². The van der Waals surface area contributed by atoms with Crippen LogP contribution in [0.2, 0.25) is 0 Å². The van der Waals surface area contributed by atoms with Gasteiger partial charge in [-0.3, -0.25) is 15.1 Å². The standard InChI is InChI=1S/C22H21F2N5O2S/c1-28(17-4-6-29(7-5-17)21(30)19-3-2-8-32-19)22(31)27-20-13-25-18(12-26-20)14-9-15(23)11-16(24)10-14/h2-3,8-13,17H,4-7H2,1H3,(H,26,27,31). The summed E-state index contributed by atoms with van der Waals surface area (Å²) in [5.41, 5.74) is 0.548. The third-order valence-electron chi connectivity index (χ3n) is 5.40. The van der Waals surface area contributed by atoms with Crippen molar-refractivity contribution in [1.82, 2.24) is 19.8 Å². The van der Waals surface area contributed by atoms with E-state index in [0.29, 0.717) is 25.9 Å². The van der Waals surface area contributed by atoms with Gasteiger partial charge in [0.05, 0.1) is 23.0 Å². The highest BCUT2D eigenvalue weighted by atomic mass is 32.1. The van der Waals surface area contributed by atoms with Crippen LogP contribution in [0.1, 0.15) is 22.5 Å². The summed E-state index contributed by atoms with van der Waals surface area (Å²) in [6.45, 7) is 1.16. The first kappa shape index (κ1) is 21.8. The van der Waals surface area contributed by atoms with Gasteiger partial charge in [0.1, 0.15) is 11.6 Å². The van der Waals surface area contributed by atoms with Crippen molar-refractivity contribution < 1.29 is 18.4 Å². The van der Waals surface area contributed by atoms with Crippen LogP contribution in [0.15, 0.2) is 48.1 Å². The number of aromatic nitrogens is 2. The maximum atomic E-state index is 13.4. The van der Waals surface area contributed by atoms with E-state index < -0.39 is 11.6 Å². The van der Waals surface area contributed by atoms with Crippen LogP contribution in [0.3, 0.4) is 0 Å². The fraction of sp³-hybridized carbons (Fsp3) is 0.273. The van der Waals surface area contributed by atoms with Crippen molar-refractivity contribution in [3.63, 3.8) is 0 Å². The number of hydrogen-bond donors (Lipinski definition) is 1. The van der Waals surface area contributed by atoms with Crippen LogP contribution in [-0.4, -0.2) is 57.9 Å². The molecular formula is C22H21F2N5O2S. The molecule has 3 aromatic rings. The highest BCUT2D eigenvalue weighted by Crippen LogP contribution is 2.22. The molecule has 1 saturated heterocycles. The molecule has 0 aliphatic carbocycles. The van der Waals surface area contributed by atoms with Crippen LogP contribution in [0, 0.1) is 11.6 Å². The zero-order chi connectivity index (χ0) is 22.7. The summed E-state index contributed by atoms with van der Waals surface area (Å²) in [4.78, 5) is 37.5. The molecule has 2 aromatic heterocycles. The third-order valence-corrected chi connectivity index (χ3v) is 6.25. The van der Waals surface area contributed by atoms with E-state index in [-0.39, 0.29) is 35.1 Å². The van der Waals surface area contributed by atoms with Crippen molar-refractivity contribution in [1.29, 1.82) is 0 Å². The van der Waals surface area contributed by atoms with Crippen molar-refractivity contribution in [3.8, 4) is 11.3 Å². The first-order valence-electron chi connectivity index (χ1n) is 10.1. The topological polar surface area (TPSA) is 78.4 Å². The Morgan fingerprint density at radius 3 is 2.44 bits per heavy atom. The fourth-order valence-electron chi connectivity index (χ4n) is 3.62. The molecule has 3 heterocycles. The fourth-order valence-corrected chi connectivity index (χ4v) is 4.31. The summed E-state index contributed by atoms with van der Waals surface area (Å²) in [5, 5.41) is 4.56. The molecule has 7 nitrogen and oxygen atoms in total. The van der Waals surface area contributed by atoms with Crippen molar-refractivity contribution in [2.45, 2.75) is 18.9 Å². The molecular weight excluding hydrogens is 436 g/mol. The molecule has 1 aliphatic heterocycles. The van der Waals surface area contributed by atoms with E-state index in [1.54, 1.807) is 11.9 Å². The third kappa shape index (κ3) is 4.91. The smallest absolute Gasteiger partial charge is 0.323 e.